The molecule has 1 atom stereocenters. The van der Waals surface area contributed by atoms with Crippen LogP contribution in [0.2, 0.25) is 0 Å². The summed E-state index contributed by atoms with van der Waals surface area (Å²) in [4.78, 5) is 12.2. The fourth-order valence-electron chi connectivity index (χ4n) is 2.93. The van der Waals surface area contributed by atoms with Crippen LogP contribution in [0.4, 0.5) is 24.5 Å². The molecule has 2 rings (SSSR count). The van der Waals surface area contributed by atoms with Crippen LogP contribution >= 0.6 is 0 Å². The van der Waals surface area contributed by atoms with Gasteiger partial charge in [-0.3, -0.25) is 9.52 Å². The number of alkyl halides is 3. The van der Waals surface area contributed by atoms with Gasteiger partial charge in [0.15, 0.2) is 0 Å². The van der Waals surface area contributed by atoms with Gasteiger partial charge in [-0.25, -0.2) is 8.42 Å². The Morgan fingerprint density at radius 1 is 1.12 bits per heavy atom. The first-order valence-electron chi connectivity index (χ1n) is 10.4. The summed E-state index contributed by atoms with van der Waals surface area (Å²) in [6.45, 7) is 5.22. The van der Waals surface area contributed by atoms with Gasteiger partial charge in [0, 0.05) is 17.8 Å². The molecule has 0 heterocycles. The Bertz CT molecular complexity index is 1090. The van der Waals surface area contributed by atoms with Crippen molar-refractivity contribution in [2.24, 2.45) is 11.8 Å². The zero-order valence-corrected chi connectivity index (χ0v) is 19.7. The molecule has 0 saturated heterocycles. The molecule has 0 aliphatic carbocycles. The summed E-state index contributed by atoms with van der Waals surface area (Å²) >= 11 is 0. The fourth-order valence-corrected chi connectivity index (χ4v) is 4.11. The number of carbonyl (C=O) groups is 1. The van der Waals surface area contributed by atoms with Gasteiger partial charge in [-0.05, 0) is 36.6 Å². The van der Waals surface area contributed by atoms with E-state index in [4.69, 9.17) is 4.74 Å². The SMILES string of the molecule is CCCOc1cc(NC(=O)[C@@H](CO)C(C)C)ccc1S(=O)(=O)Nc1cccc(OC(F)(F)F)c1. The smallest absolute Gasteiger partial charge is 0.492 e. The van der Waals surface area contributed by atoms with Gasteiger partial charge in [0.2, 0.25) is 5.91 Å². The lowest BCUT2D eigenvalue weighted by atomic mass is 9.96. The van der Waals surface area contributed by atoms with Crippen LogP contribution in [0.5, 0.6) is 11.5 Å². The lowest BCUT2D eigenvalue weighted by molar-refractivity contribution is -0.274. The summed E-state index contributed by atoms with van der Waals surface area (Å²) in [6.07, 6.45) is -4.36. The van der Waals surface area contributed by atoms with E-state index in [1.165, 1.54) is 30.3 Å². The van der Waals surface area contributed by atoms with Crippen LogP contribution in [0.25, 0.3) is 0 Å². The number of benzene rings is 2. The minimum Gasteiger partial charge on any atom is -0.492 e. The van der Waals surface area contributed by atoms with Crippen LogP contribution in [-0.4, -0.2) is 39.0 Å². The van der Waals surface area contributed by atoms with Gasteiger partial charge in [-0.1, -0.05) is 26.8 Å². The van der Waals surface area contributed by atoms with Crippen molar-refractivity contribution < 1.29 is 41.0 Å². The van der Waals surface area contributed by atoms with E-state index in [2.05, 4.69) is 14.8 Å². The average Bonchev–Trinajstić information content (AvgIpc) is 2.71. The van der Waals surface area contributed by atoms with Crippen molar-refractivity contribution in [1.29, 1.82) is 0 Å². The number of aliphatic hydroxyl groups is 1. The molecular weight excluding hydrogens is 477 g/mol. The number of rotatable bonds is 11. The lowest BCUT2D eigenvalue weighted by Crippen LogP contribution is -2.29. The molecule has 0 radical (unpaired) electrons. The maximum atomic E-state index is 13.0. The van der Waals surface area contributed by atoms with E-state index in [9.17, 15) is 31.5 Å². The summed E-state index contributed by atoms with van der Waals surface area (Å²) in [5.41, 5.74) is 0.109. The number of anilines is 2. The van der Waals surface area contributed by atoms with E-state index in [1.807, 2.05) is 6.92 Å². The van der Waals surface area contributed by atoms with Crippen molar-refractivity contribution >= 4 is 27.3 Å². The van der Waals surface area contributed by atoms with Gasteiger partial charge in [-0.15, -0.1) is 13.2 Å². The molecule has 0 bridgehead atoms. The van der Waals surface area contributed by atoms with Gasteiger partial charge >= 0.3 is 6.36 Å². The lowest BCUT2D eigenvalue weighted by Gasteiger charge is -2.19. The molecule has 3 N–H and O–H groups in total. The monoisotopic (exact) mass is 504 g/mol. The Balaban J connectivity index is 2.33. The molecule has 2 aromatic carbocycles. The van der Waals surface area contributed by atoms with Crippen molar-refractivity contribution in [3.8, 4) is 11.5 Å². The van der Waals surface area contributed by atoms with Crippen molar-refractivity contribution in [1.82, 2.24) is 0 Å². The van der Waals surface area contributed by atoms with Crippen LogP contribution in [0.1, 0.15) is 27.2 Å². The quantitative estimate of drug-likeness (QED) is 0.419. The number of hydrogen-bond acceptors (Lipinski definition) is 6. The maximum Gasteiger partial charge on any atom is 0.573 e. The number of halogens is 3. The predicted octanol–water partition coefficient (Wildman–Crippen LogP) is 4.38. The highest BCUT2D eigenvalue weighted by molar-refractivity contribution is 7.92. The highest BCUT2D eigenvalue weighted by Gasteiger charge is 2.31. The Kier molecular flexibility index (Phi) is 9.16. The van der Waals surface area contributed by atoms with E-state index in [0.717, 1.165) is 12.1 Å². The molecule has 34 heavy (non-hydrogen) atoms. The van der Waals surface area contributed by atoms with Crippen molar-refractivity contribution in [2.75, 3.05) is 23.3 Å². The molecule has 2 aromatic rings. The fraction of sp³-hybridized carbons (Fsp3) is 0.409. The molecule has 0 aliphatic rings. The van der Waals surface area contributed by atoms with E-state index < -0.39 is 34.0 Å². The number of aliphatic hydroxyl groups excluding tert-OH is 1. The minimum absolute atomic E-state index is 0.0556. The summed E-state index contributed by atoms with van der Waals surface area (Å²) in [7, 11) is -4.28. The Morgan fingerprint density at radius 2 is 1.82 bits per heavy atom. The van der Waals surface area contributed by atoms with Crippen molar-refractivity contribution in [2.45, 2.75) is 38.4 Å². The van der Waals surface area contributed by atoms with E-state index >= 15 is 0 Å². The van der Waals surface area contributed by atoms with Gasteiger partial charge < -0.3 is 19.9 Å². The molecule has 0 fully saturated rings. The molecule has 8 nitrogen and oxygen atoms in total. The third-order valence-electron chi connectivity index (χ3n) is 4.62. The molecule has 1 amide bonds. The van der Waals surface area contributed by atoms with Crippen LogP contribution in [0.3, 0.4) is 0 Å². The Labute approximate surface area is 196 Å². The maximum absolute atomic E-state index is 13.0. The number of nitrogens with one attached hydrogen (secondary N) is 2. The molecule has 12 heteroatoms. The van der Waals surface area contributed by atoms with Gasteiger partial charge in [0.1, 0.15) is 16.4 Å². The summed E-state index contributed by atoms with van der Waals surface area (Å²) < 4.78 is 75.0. The zero-order valence-electron chi connectivity index (χ0n) is 18.8. The normalized spacial score (nSPS) is 12.8. The number of hydrogen-bond donors (Lipinski definition) is 3. The third-order valence-corrected chi connectivity index (χ3v) is 6.04. The van der Waals surface area contributed by atoms with E-state index in [0.29, 0.717) is 6.42 Å². The largest absolute Gasteiger partial charge is 0.573 e. The zero-order chi connectivity index (χ0) is 25.5. The number of sulfonamides is 1. The topological polar surface area (TPSA) is 114 Å². The first kappa shape index (κ1) is 27.3. The number of ether oxygens (including phenoxy) is 2. The van der Waals surface area contributed by atoms with Crippen LogP contribution in [-0.2, 0) is 14.8 Å². The van der Waals surface area contributed by atoms with E-state index in [-0.39, 0.29) is 41.2 Å². The predicted molar refractivity (Wildman–Crippen MR) is 120 cm³/mol. The second-order valence-corrected chi connectivity index (χ2v) is 9.36. The minimum atomic E-state index is -4.93. The van der Waals surface area contributed by atoms with Crippen LogP contribution in [0.15, 0.2) is 47.4 Å². The second-order valence-electron chi connectivity index (χ2n) is 7.71. The molecule has 0 spiro atoms. The van der Waals surface area contributed by atoms with Gasteiger partial charge in [0.05, 0.1) is 24.8 Å². The molecule has 188 valence electrons. The Morgan fingerprint density at radius 3 is 2.41 bits per heavy atom. The van der Waals surface area contributed by atoms with Crippen LogP contribution < -0.4 is 19.5 Å². The number of amides is 1. The molecule has 0 saturated carbocycles. The summed E-state index contributed by atoms with van der Waals surface area (Å²) in [5.74, 6) is -1.86. The first-order valence-corrected chi connectivity index (χ1v) is 11.9. The standard InChI is InChI=1S/C22H27F3N2O6S/c1-4-10-32-19-12-15(26-21(29)18(13-28)14(2)3)8-9-20(19)34(30,31)27-16-6-5-7-17(11-16)33-22(23,24)25/h5-9,11-12,14,18,27-28H,4,10,13H2,1-3H3,(H,26,29)/t18-/m0/s1. The van der Waals surface area contributed by atoms with Gasteiger partial charge in [0.25, 0.3) is 10.0 Å². The van der Waals surface area contributed by atoms with E-state index in [1.54, 1.807) is 13.8 Å². The van der Waals surface area contributed by atoms with Crippen molar-refractivity contribution in [3.05, 3.63) is 42.5 Å². The second kappa shape index (κ2) is 11.4. The highest BCUT2D eigenvalue weighted by Crippen LogP contribution is 2.31. The third kappa shape index (κ3) is 7.80. The average molecular weight is 505 g/mol. The number of carbonyl (C=O) groups excluding carboxylic acids is 1. The molecule has 0 aromatic heterocycles. The molecular formula is C22H27F3N2O6S. The summed E-state index contributed by atoms with van der Waals surface area (Å²) in [6, 6.07) is 8.30. The van der Waals surface area contributed by atoms with Crippen molar-refractivity contribution in [3.63, 3.8) is 0 Å². The molecule has 0 aliphatic heterocycles. The highest BCUT2D eigenvalue weighted by atomic mass is 32.2. The van der Waals surface area contributed by atoms with Crippen LogP contribution in [0, 0.1) is 11.8 Å². The molecule has 0 unspecified atom stereocenters. The van der Waals surface area contributed by atoms with Gasteiger partial charge in [-0.2, -0.15) is 0 Å². The Hall–Kier alpha value is -2.99. The summed E-state index contributed by atoms with van der Waals surface area (Å²) in [5, 5.41) is 12.1. The first-order chi connectivity index (χ1) is 15.9.